The number of benzene rings is 2. The van der Waals surface area contributed by atoms with Gasteiger partial charge in [-0.1, -0.05) is 19.1 Å². The second kappa shape index (κ2) is 5.04. The van der Waals surface area contributed by atoms with Crippen LogP contribution < -0.4 is 5.73 Å². The highest BCUT2D eigenvalue weighted by Crippen LogP contribution is 2.37. The topological polar surface area (TPSA) is 118 Å². The van der Waals surface area contributed by atoms with Crippen LogP contribution in [-0.2, 0) is 10.1 Å². The van der Waals surface area contributed by atoms with Crippen molar-refractivity contribution < 1.29 is 22.6 Å². The summed E-state index contributed by atoms with van der Waals surface area (Å²) < 4.78 is 32.4. The zero-order chi connectivity index (χ0) is 16.9. The van der Waals surface area contributed by atoms with Gasteiger partial charge in [-0.05, 0) is 18.6 Å². The third kappa shape index (κ3) is 2.18. The molecule has 0 saturated carbocycles. The monoisotopic (exact) mass is 334 g/mol. The van der Waals surface area contributed by atoms with Crippen molar-refractivity contribution in [2.75, 3.05) is 12.3 Å². The number of nitrogen functional groups attached to an aromatic ring is 1. The first-order valence-corrected chi connectivity index (χ1v) is 8.40. The lowest BCUT2D eigenvalue weighted by Crippen LogP contribution is -2.40. The van der Waals surface area contributed by atoms with E-state index < -0.39 is 26.8 Å². The molecule has 0 bridgehead atoms. The van der Waals surface area contributed by atoms with Gasteiger partial charge >= 0.3 is 0 Å². The number of nitrogens with zero attached hydrogens (tertiary/aromatic N) is 1. The largest absolute Gasteiger partial charge is 0.397 e. The van der Waals surface area contributed by atoms with Crippen LogP contribution in [0, 0.1) is 0 Å². The van der Waals surface area contributed by atoms with Crippen LogP contribution in [0.2, 0.25) is 0 Å². The van der Waals surface area contributed by atoms with Crippen LogP contribution in [0.3, 0.4) is 0 Å². The molecule has 0 fully saturated rings. The summed E-state index contributed by atoms with van der Waals surface area (Å²) in [7, 11) is -4.59. The molecule has 0 spiro atoms. The summed E-state index contributed by atoms with van der Waals surface area (Å²) in [6.45, 7) is 2.04. The summed E-state index contributed by atoms with van der Waals surface area (Å²) in [6.07, 6.45) is 0.572. The third-order valence-electron chi connectivity index (χ3n) is 3.84. The van der Waals surface area contributed by atoms with Gasteiger partial charge in [0, 0.05) is 22.9 Å². The van der Waals surface area contributed by atoms with Crippen LogP contribution in [0.4, 0.5) is 5.69 Å². The first-order valence-electron chi connectivity index (χ1n) is 6.96. The molecule has 23 heavy (non-hydrogen) atoms. The Kier molecular flexibility index (Phi) is 3.38. The number of imide groups is 1. The quantitative estimate of drug-likeness (QED) is 0.501. The number of anilines is 1. The normalized spacial score (nSPS) is 14.6. The van der Waals surface area contributed by atoms with Gasteiger partial charge in [-0.25, -0.2) is 0 Å². The molecule has 1 heterocycles. The maximum Gasteiger partial charge on any atom is 0.296 e. The zero-order valence-electron chi connectivity index (χ0n) is 12.2. The van der Waals surface area contributed by atoms with Crippen molar-refractivity contribution in [2.45, 2.75) is 18.2 Å². The van der Waals surface area contributed by atoms with Gasteiger partial charge in [0.25, 0.3) is 21.9 Å². The van der Waals surface area contributed by atoms with Crippen LogP contribution in [-0.4, -0.2) is 36.2 Å². The minimum Gasteiger partial charge on any atom is -0.397 e. The van der Waals surface area contributed by atoms with Crippen LogP contribution >= 0.6 is 0 Å². The molecule has 0 unspecified atom stereocenters. The van der Waals surface area contributed by atoms with Crippen molar-refractivity contribution in [3.8, 4) is 0 Å². The number of amides is 2. The van der Waals surface area contributed by atoms with Crippen LogP contribution in [0.15, 0.2) is 29.2 Å². The van der Waals surface area contributed by atoms with Gasteiger partial charge < -0.3 is 5.73 Å². The van der Waals surface area contributed by atoms with E-state index in [2.05, 4.69) is 0 Å². The van der Waals surface area contributed by atoms with Gasteiger partial charge in [0.2, 0.25) is 0 Å². The Bertz CT molecular complexity index is 965. The van der Waals surface area contributed by atoms with E-state index in [1.54, 1.807) is 12.1 Å². The van der Waals surface area contributed by atoms with Crippen molar-refractivity contribution in [2.24, 2.45) is 0 Å². The van der Waals surface area contributed by atoms with Gasteiger partial charge in [0.05, 0.1) is 11.3 Å². The number of carbonyl (C=O) groups is 2. The van der Waals surface area contributed by atoms with E-state index in [0.29, 0.717) is 17.4 Å². The fourth-order valence-electron chi connectivity index (χ4n) is 2.85. The van der Waals surface area contributed by atoms with E-state index in [4.69, 9.17) is 5.73 Å². The maximum atomic E-state index is 12.6. The minimum absolute atomic E-state index is 0.0467. The van der Waals surface area contributed by atoms with Gasteiger partial charge in [0.1, 0.15) is 4.90 Å². The molecule has 0 radical (unpaired) electrons. The molecule has 1 aliphatic heterocycles. The zero-order valence-corrected chi connectivity index (χ0v) is 13.1. The Morgan fingerprint density at radius 3 is 2.43 bits per heavy atom. The Labute approximate surface area is 132 Å². The van der Waals surface area contributed by atoms with Crippen molar-refractivity contribution in [1.29, 1.82) is 0 Å². The van der Waals surface area contributed by atoms with Crippen molar-refractivity contribution in [1.82, 2.24) is 4.90 Å². The van der Waals surface area contributed by atoms with E-state index in [9.17, 15) is 22.6 Å². The minimum atomic E-state index is -4.59. The summed E-state index contributed by atoms with van der Waals surface area (Å²) >= 11 is 0. The molecule has 8 heteroatoms. The molecule has 0 atom stereocenters. The van der Waals surface area contributed by atoms with Gasteiger partial charge in [-0.2, -0.15) is 8.42 Å². The molecule has 3 N–H and O–H groups in total. The van der Waals surface area contributed by atoms with Crippen LogP contribution in [0.5, 0.6) is 0 Å². The number of hydrogen-bond donors (Lipinski definition) is 2. The van der Waals surface area contributed by atoms with Crippen LogP contribution in [0.25, 0.3) is 10.8 Å². The summed E-state index contributed by atoms with van der Waals surface area (Å²) in [4.78, 5) is 25.6. The molecule has 2 aromatic rings. The summed E-state index contributed by atoms with van der Waals surface area (Å²) in [5, 5.41) is 0.574. The summed E-state index contributed by atoms with van der Waals surface area (Å²) in [6, 6.07) is 5.68. The molecule has 2 aromatic carbocycles. The highest BCUT2D eigenvalue weighted by atomic mass is 32.2. The highest BCUT2D eigenvalue weighted by Gasteiger charge is 2.34. The first kappa shape index (κ1) is 15.4. The fourth-order valence-corrected chi connectivity index (χ4v) is 3.51. The Morgan fingerprint density at radius 2 is 1.83 bits per heavy atom. The molecule has 1 aliphatic rings. The number of nitrogens with two attached hydrogens (primary N) is 1. The second-order valence-corrected chi connectivity index (χ2v) is 6.69. The number of rotatable bonds is 3. The predicted octanol–water partition coefficient (Wildman–Crippen LogP) is 1.67. The standard InChI is InChI=1S/C15H14N2O5S/c1-2-6-17-14(18)9-5-3-4-8-12(9)10(15(17)19)7-11(13(8)16)23(20,21)22/h3-5,7H,2,6,16H2,1H3,(H,20,21,22). The Balaban J connectivity index is 2.45. The van der Waals surface area contributed by atoms with Gasteiger partial charge in [-0.15, -0.1) is 0 Å². The predicted molar refractivity (Wildman–Crippen MR) is 83.8 cm³/mol. The molecule has 120 valence electrons. The molecular formula is C15H14N2O5S. The number of carbonyl (C=O) groups excluding carboxylic acids is 2. The van der Waals surface area contributed by atoms with Crippen LogP contribution in [0.1, 0.15) is 34.1 Å². The summed E-state index contributed by atoms with van der Waals surface area (Å²) in [5.74, 6) is -1.03. The molecule has 0 saturated heterocycles. The molecule has 2 amide bonds. The Hall–Kier alpha value is -2.45. The Morgan fingerprint density at radius 1 is 1.17 bits per heavy atom. The fraction of sp³-hybridized carbons (Fsp3) is 0.200. The smallest absolute Gasteiger partial charge is 0.296 e. The van der Waals surface area contributed by atoms with E-state index in [1.807, 2.05) is 6.92 Å². The average Bonchev–Trinajstić information content (AvgIpc) is 2.49. The van der Waals surface area contributed by atoms with Crippen molar-refractivity contribution >= 4 is 38.4 Å². The molecule has 0 aliphatic carbocycles. The molecular weight excluding hydrogens is 320 g/mol. The third-order valence-corrected chi connectivity index (χ3v) is 4.73. The first-order chi connectivity index (χ1) is 10.8. The van der Waals surface area contributed by atoms with E-state index in [0.717, 1.165) is 11.0 Å². The van der Waals surface area contributed by atoms with E-state index >= 15 is 0 Å². The summed E-state index contributed by atoms with van der Waals surface area (Å²) in [5.41, 5.74) is 5.99. The second-order valence-electron chi connectivity index (χ2n) is 5.30. The van der Waals surface area contributed by atoms with Crippen molar-refractivity contribution in [3.63, 3.8) is 0 Å². The lowest BCUT2D eigenvalue weighted by molar-refractivity contribution is 0.0610. The molecule has 7 nitrogen and oxygen atoms in total. The average molecular weight is 334 g/mol. The molecule has 0 aromatic heterocycles. The molecule has 3 rings (SSSR count). The van der Waals surface area contributed by atoms with Gasteiger partial charge in [-0.3, -0.25) is 19.0 Å². The van der Waals surface area contributed by atoms with Crippen molar-refractivity contribution in [3.05, 3.63) is 35.4 Å². The van der Waals surface area contributed by atoms with E-state index in [1.165, 1.54) is 6.07 Å². The maximum absolute atomic E-state index is 12.6. The highest BCUT2D eigenvalue weighted by molar-refractivity contribution is 7.86. The lowest BCUT2D eigenvalue weighted by Gasteiger charge is -2.27. The number of hydrogen-bond acceptors (Lipinski definition) is 5. The van der Waals surface area contributed by atoms with E-state index in [-0.39, 0.29) is 23.2 Å². The van der Waals surface area contributed by atoms with Gasteiger partial charge in [0.15, 0.2) is 0 Å². The SMILES string of the molecule is CCCN1C(=O)c2cccc3c(N)c(S(=O)(=O)O)cc(c23)C1=O. The lowest BCUT2D eigenvalue weighted by atomic mass is 9.93.